The molecule has 0 bridgehead atoms. The minimum Gasteiger partial charge on any atom is -0.495 e. The molecule has 118 valence electrons. The van der Waals surface area contributed by atoms with Crippen molar-refractivity contribution in [2.45, 2.75) is 52.0 Å². The van der Waals surface area contributed by atoms with Gasteiger partial charge in [0.15, 0.2) is 5.82 Å². The molecule has 3 rings (SSSR count). The quantitative estimate of drug-likeness (QED) is 0.848. The number of hydrogen-bond acceptors (Lipinski definition) is 5. The normalized spacial score (nSPS) is 13.2. The highest BCUT2D eigenvalue weighted by molar-refractivity contribution is 5.65. The van der Waals surface area contributed by atoms with Crippen molar-refractivity contribution in [1.29, 1.82) is 0 Å². The van der Waals surface area contributed by atoms with Crippen molar-refractivity contribution in [2.24, 2.45) is 0 Å². The van der Waals surface area contributed by atoms with E-state index in [9.17, 15) is 0 Å². The van der Waals surface area contributed by atoms with Crippen molar-refractivity contribution in [3.8, 4) is 5.75 Å². The first kappa shape index (κ1) is 14.9. The number of fused-ring (bicyclic) bond motifs is 1. The fourth-order valence-electron chi connectivity index (χ4n) is 2.97. The summed E-state index contributed by atoms with van der Waals surface area (Å²) in [5.74, 6) is 2.30. The molecule has 0 unspecified atom stereocenters. The van der Waals surface area contributed by atoms with E-state index in [1.54, 1.807) is 7.11 Å². The second kappa shape index (κ2) is 6.81. The second-order valence-corrected chi connectivity index (χ2v) is 5.70. The van der Waals surface area contributed by atoms with Crippen molar-refractivity contribution >= 4 is 5.69 Å². The lowest BCUT2D eigenvalue weighted by Gasteiger charge is -2.14. The van der Waals surface area contributed by atoms with Crippen LogP contribution in [-0.4, -0.2) is 17.3 Å². The molecule has 0 amide bonds. The number of nitrogens with one attached hydrogen (secondary N) is 1. The van der Waals surface area contributed by atoms with E-state index in [1.165, 1.54) is 17.5 Å². The first-order valence-electron chi connectivity index (χ1n) is 8.06. The van der Waals surface area contributed by atoms with Gasteiger partial charge in [-0.15, -0.1) is 0 Å². The third kappa shape index (κ3) is 3.08. The Morgan fingerprint density at radius 2 is 2.23 bits per heavy atom. The number of anilines is 1. The minimum absolute atomic E-state index is 0.534. The summed E-state index contributed by atoms with van der Waals surface area (Å²) in [5.41, 5.74) is 3.85. The number of methoxy groups -OCH3 is 1. The molecule has 5 nitrogen and oxygen atoms in total. The molecule has 2 aromatic rings. The van der Waals surface area contributed by atoms with E-state index in [1.807, 2.05) is 6.07 Å². The lowest BCUT2D eigenvalue weighted by Crippen LogP contribution is -2.05. The number of rotatable bonds is 7. The van der Waals surface area contributed by atoms with Crippen LogP contribution >= 0.6 is 0 Å². The molecule has 22 heavy (non-hydrogen) atoms. The first-order chi connectivity index (χ1) is 10.8. The van der Waals surface area contributed by atoms with Crippen LogP contribution in [0.25, 0.3) is 0 Å². The van der Waals surface area contributed by atoms with Crippen molar-refractivity contribution in [3.63, 3.8) is 0 Å². The molecule has 0 radical (unpaired) electrons. The summed E-state index contributed by atoms with van der Waals surface area (Å²) >= 11 is 0. The van der Waals surface area contributed by atoms with Gasteiger partial charge in [0.2, 0.25) is 5.89 Å². The van der Waals surface area contributed by atoms with E-state index >= 15 is 0 Å². The van der Waals surface area contributed by atoms with Crippen molar-refractivity contribution < 1.29 is 9.26 Å². The Morgan fingerprint density at radius 1 is 1.32 bits per heavy atom. The van der Waals surface area contributed by atoms with E-state index in [0.717, 1.165) is 49.4 Å². The molecule has 0 saturated heterocycles. The van der Waals surface area contributed by atoms with Crippen LogP contribution in [0.2, 0.25) is 0 Å². The van der Waals surface area contributed by atoms with E-state index in [4.69, 9.17) is 9.26 Å². The molecule has 5 heteroatoms. The average Bonchev–Trinajstić information content (AvgIpc) is 3.19. The Bertz CT molecular complexity index is 637. The van der Waals surface area contributed by atoms with Crippen LogP contribution in [0.3, 0.4) is 0 Å². The maximum Gasteiger partial charge on any atom is 0.245 e. The standard InChI is InChI=1S/C17H23N3O2/c1-3-4-8-15-19-16(22-20-15)11-18-17-13-7-5-6-12(13)9-10-14(17)21-2/h9-10,18H,3-8,11H2,1-2H3. The second-order valence-electron chi connectivity index (χ2n) is 5.70. The van der Waals surface area contributed by atoms with E-state index in [0.29, 0.717) is 12.4 Å². The Kier molecular flexibility index (Phi) is 4.61. The fraction of sp³-hybridized carbons (Fsp3) is 0.529. The van der Waals surface area contributed by atoms with Gasteiger partial charge in [-0.25, -0.2) is 0 Å². The Balaban J connectivity index is 1.71. The van der Waals surface area contributed by atoms with Crippen LogP contribution in [0.15, 0.2) is 16.7 Å². The lowest BCUT2D eigenvalue weighted by molar-refractivity contribution is 0.376. The highest BCUT2D eigenvalue weighted by atomic mass is 16.5. The van der Waals surface area contributed by atoms with Gasteiger partial charge in [-0.2, -0.15) is 4.98 Å². The molecule has 1 aromatic carbocycles. The van der Waals surface area contributed by atoms with Crippen LogP contribution in [0, 0.1) is 0 Å². The van der Waals surface area contributed by atoms with E-state index < -0.39 is 0 Å². The third-order valence-corrected chi connectivity index (χ3v) is 4.14. The van der Waals surface area contributed by atoms with E-state index in [2.05, 4.69) is 28.4 Å². The number of ether oxygens (including phenoxy) is 1. The first-order valence-corrected chi connectivity index (χ1v) is 8.06. The van der Waals surface area contributed by atoms with Gasteiger partial charge >= 0.3 is 0 Å². The Labute approximate surface area is 131 Å². The van der Waals surface area contributed by atoms with Crippen LogP contribution in [-0.2, 0) is 25.8 Å². The molecular weight excluding hydrogens is 278 g/mol. The smallest absolute Gasteiger partial charge is 0.245 e. The van der Waals surface area contributed by atoms with Gasteiger partial charge < -0.3 is 14.6 Å². The number of nitrogens with zero attached hydrogens (tertiary/aromatic N) is 2. The topological polar surface area (TPSA) is 60.2 Å². The summed E-state index contributed by atoms with van der Waals surface area (Å²) in [6.07, 6.45) is 6.56. The van der Waals surface area contributed by atoms with Crippen LogP contribution < -0.4 is 10.1 Å². The summed E-state index contributed by atoms with van der Waals surface area (Å²) in [6, 6.07) is 4.20. The Morgan fingerprint density at radius 3 is 3.05 bits per heavy atom. The molecule has 1 heterocycles. The van der Waals surface area contributed by atoms with Gasteiger partial charge in [0.05, 0.1) is 19.3 Å². The van der Waals surface area contributed by atoms with E-state index in [-0.39, 0.29) is 0 Å². The average molecular weight is 301 g/mol. The summed E-state index contributed by atoms with van der Waals surface area (Å²) in [5, 5.41) is 7.45. The van der Waals surface area contributed by atoms with Crippen LogP contribution in [0.5, 0.6) is 5.75 Å². The van der Waals surface area contributed by atoms with Gasteiger partial charge in [-0.05, 0) is 42.9 Å². The SMILES string of the molecule is CCCCc1noc(CNc2c(OC)ccc3c2CCC3)n1. The minimum atomic E-state index is 0.534. The molecule has 1 aliphatic rings. The largest absolute Gasteiger partial charge is 0.495 e. The fourth-order valence-corrected chi connectivity index (χ4v) is 2.97. The predicted molar refractivity (Wildman–Crippen MR) is 85.3 cm³/mol. The van der Waals surface area contributed by atoms with Crippen molar-refractivity contribution in [1.82, 2.24) is 10.1 Å². The molecule has 0 spiro atoms. The zero-order chi connectivity index (χ0) is 15.4. The third-order valence-electron chi connectivity index (χ3n) is 4.14. The summed E-state index contributed by atoms with van der Waals surface area (Å²) in [7, 11) is 1.71. The summed E-state index contributed by atoms with van der Waals surface area (Å²) in [6.45, 7) is 2.69. The zero-order valence-corrected chi connectivity index (χ0v) is 13.3. The van der Waals surface area contributed by atoms with Crippen molar-refractivity contribution in [2.75, 3.05) is 12.4 Å². The van der Waals surface area contributed by atoms with Crippen LogP contribution in [0.1, 0.15) is 49.0 Å². The van der Waals surface area contributed by atoms with Gasteiger partial charge in [0.1, 0.15) is 5.75 Å². The maximum absolute atomic E-state index is 5.49. The number of aromatic nitrogens is 2. The van der Waals surface area contributed by atoms with Gasteiger partial charge in [0.25, 0.3) is 0 Å². The monoisotopic (exact) mass is 301 g/mol. The van der Waals surface area contributed by atoms with Crippen molar-refractivity contribution in [3.05, 3.63) is 35.0 Å². The number of hydrogen-bond donors (Lipinski definition) is 1. The lowest BCUT2D eigenvalue weighted by atomic mass is 10.1. The molecule has 0 atom stereocenters. The number of aryl methyl sites for hydroxylation is 2. The number of unbranched alkanes of at least 4 members (excludes halogenated alkanes) is 1. The van der Waals surface area contributed by atoms with Gasteiger partial charge in [-0.3, -0.25) is 0 Å². The molecule has 0 fully saturated rings. The molecule has 1 aromatic heterocycles. The van der Waals surface area contributed by atoms with Gasteiger partial charge in [-0.1, -0.05) is 24.6 Å². The van der Waals surface area contributed by atoms with Gasteiger partial charge in [0, 0.05) is 6.42 Å². The number of benzene rings is 1. The molecule has 1 N–H and O–H groups in total. The molecule has 0 aliphatic heterocycles. The Hall–Kier alpha value is -2.04. The summed E-state index contributed by atoms with van der Waals surface area (Å²) in [4.78, 5) is 4.43. The zero-order valence-electron chi connectivity index (χ0n) is 13.3. The highest BCUT2D eigenvalue weighted by Gasteiger charge is 2.19. The highest BCUT2D eigenvalue weighted by Crippen LogP contribution is 2.36. The molecular formula is C17H23N3O2. The molecule has 0 saturated carbocycles. The van der Waals surface area contributed by atoms with Crippen LogP contribution in [0.4, 0.5) is 5.69 Å². The summed E-state index contributed by atoms with van der Waals surface area (Å²) < 4.78 is 10.8. The molecule has 1 aliphatic carbocycles. The maximum atomic E-state index is 5.49. The predicted octanol–water partition coefficient (Wildman–Crippen LogP) is 3.52.